The Balaban J connectivity index is 1.51. The Morgan fingerprint density at radius 3 is 2.21 bits per heavy atom. The minimum absolute atomic E-state index is 0.237. The smallest absolute Gasteiger partial charge is 0.278 e. The molecule has 4 nitrogen and oxygen atoms in total. The molecule has 0 aliphatic carbocycles. The van der Waals surface area contributed by atoms with Crippen molar-refractivity contribution in [1.82, 2.24) is 4.90 Å². The molecule has 2 aliphatic heterocycles. The van der Waals surface area contributed by atoms with Crippen LogP contribution in [0.4, 0.5) is 10.1 Å². The zero-order chi connectivity index (χ0) is 23.2. The van der Waals surface area contributed by atoms with Gasteiger partial charge in [0.1, 0.15) is 11.5 Å². The summed E-state index contributed by atoms with van der Waals surface area (Å²) in [5, 5.41) is 0. The lowest BCUT2D eigenvalue weighted by Gasteiger charge is -2.21. The predicted octanol–water partition coefficient (Wildman–Crippen LogP) is 6.11. The van der Waals surface area contributed by atoms with Gasteiger partial charge in [-0.1, -0.05) is 82.2 Å². The summed E-state index contributed by atoms with van der Waals surface area (Å²) < 4.78 is 13.6. The van der Waals surface area contributed by atoms with Crippen molar-refractivity contribution < 1.29 is 14.0 Å². The van der Waals surface area contributed by atoms with E-state index in [2.05, 4.69) is 13.0 Å². The van der Waals surface area contributed by atoms with E-state index in [-0.39, 0.29) is 17.6 Å². The molecule has 2 aromatic rings. The number of benzene rings is 2. The Kier molecular flexibility index (Phi) is 7.58. The van der Waals surface area contributed by atoms with E-state index in [1.54, 1.807) is 12.1 Å². The highest BCUT2D eigenvalue weighted by molar-refractivity contribution is 6.36. The summed E-state index contributed by atoms with van der Waals surface area (Å²) in [6.45, 7) is 3.30. The highest BCUT2D eigenvalue weighted by atomic mass is 19.1. The number of fused-ring (bicyclic) bond motifs is 1. The fourth-order valence-corrected chi connectivity index (χ4v) is 4.87. The van der Waals surface area contributed by atoms with Crippen LogP contribution in [-0.4, -0.2) is 29.8 Å². The molecule has 4 rings (SSSR count). The van der Waals surface area contributed by atoms with Gasteiger partial charge in [-0.2, -0.15) is 0 Å². The molecule has 33 heavy (non-hydrogen) atoms. The second kappa shape index (κ2) is 10.8. The van der Waals surface area contributed by atoms with Crippen molar-refractivity contribution in [3.63, 3.8) is 0 Å². The molecule has 0 saturated carbocycles. The third kappa shape index (κ3) is 5.02. The Bertz CT molecular complexity index is 1030. The number of amides is 2. The molecule has 0 aromatic heterocycles. The Morgan fingerprint density at radius 2 is 1.48 bits per heavy atom. The number of para-hydroxylation sites is 1. The highest BCUT2D eigenvalue weighted by Gasteiger charge is 2.42. The van der Waals surface area contributed by atoms with Gasteiger partial charge in [-0.05, 0) is 42.2 Å². The lowest BCUT2D eigenvalue weighted by molar-refractivity contribution is -0.137. The number of imide groups is 1. The summed E-state index contributed by atoms with van der Waals surface area (Å²) >= 11 is 0. The monoisotopic (exact) mass is 448 g/mol. The van der Waals surface area contributed by atoms with Crippen molar-refractivity contribution in [2.45, 2.75) is 64.7 Å². The molecule has 2 amide bonds. The van der Waals surface area contributed by atoms with E-state index >= 15 is 0 Å². The first kappa shape index (κ1) is 23.2. The molecule has 0 spiro atoms. The number of hydrogen-bond donors (Lipinski definition) is 0. The molecule has 5 heteroatoms. The number of nitrogens with zero attached hydrogens (tertiary/aromatic N) is 2. The second-order valence-electron chi connectivity index (χ2n) is 9.00. The third-order valence-corrected chi connectivity index (χ3v) is 6.67. The Hall–Kier alpha value is -2.95. The largest absolute Gasteiger partial charge is 0.336 e. The van der Waals surface area contributed by atoms with E-state index in [9.17, 15) is 14.0 Å². The van der Waals surface area contributed by atoms with E-state index in [0.29, 0.717) is 29.9 Å². The minimum Gasteiger partial charge on any atom is -0.336 e. The number of rotatable bonds is 11. The van der Waals surface area contributed by atoms with Crippen LogP contribution in [0.2, 0.25) is 0 Å². The maximum Gasteiger partial charge on any atom is 0.278 e. The lowest BCUT2D eigenvalue weighted by Crippen LogP contribution is -2.35. The van der Waals surface area contributed by atoms with Crippen LogP contribution < -0.4 is 4.90 Å². The van der Waals surface area contributed by atoms with Gasteiger partial charge in [0.05, 0.1) is 5.57 Å². The molecule has 0 fully saturated rings. The van der Waals surface area contributed by atoms with Gasteiger partial charge in [0, 0.05) is 18.8 Å². The molecule has 0 unspecified atom stereocenters. The molecule has 174 valence electrons. The van der Waals surface area contributed by atoms with Crippen molar-refractivity contribution in [2.24, 2.45) is 0 Å². The summed E-state index contributed by atoms with van der Waals surface area (Å²) in [4.78, 5) is 30.3. The van der Waals surface area contributed by atoms with Crippen molar-refractivity contribution in [2.75, 3.05) is 18.0 Å². The molecule has 2 heterocycles. The number of unbranched alkanes of at least 4 members (excludes halogenated alkanes) is 7. The predicted molar refractivity (Wildman–Crippen MR) is 130 cm³/mol. The second-order valence-corrected chi connectivity index (χ2v) is 9.00. The summed E-state index contributed by atoms with van der Waals surface area (Å²) in [5.41, 5.74) is 3.55. The quantitative estimate of drug-likeness (QED) is 0.308. The maximum atomic E-state index is 13.6. The molecule has 0 saturated heterocycles. The third-order valence-electron chi connectivity index (χ3n) is 6.67. The molecule has 2 aromatic carbocycles. The molecule has 0 radical (unpaired) electrons. The molecule has 0 N–H and O–H groups in total. The van der Waals surface area contributed by atoms with Crippen LogP contribution in [0.25, 0.3) is 5.57 Å². The zero-order valence-corrected chi connectivity index (χ0v) is 19.5. The highest BCUT2D eigenvalue weighted by Crippen LogP contribution is 2.38. The Labute approximate surface area is 196 Å². The lowest BCUT2D eigenvalue weighted by atomic mass is 10.0. The molecule has 0 bridgehead atoms. The van der Waals surface area contributed by atoms with Crippen molar-refractivity contribution in [3.8, 4) is 0 Å². The number of halogens is 1. The van der Waals surface area contributed by atoms with Gasteiger partial charge in [0.25, 0.3) is 11.8 Å². The summed E-state index contributed by atoms with van der Waals surface area (Å²) in [5.74, 6) is -0.868. The minimum atomic E-state index is -0.361. The summed E-state index contributed by atoms with van der Waals surface area (Å²) in [6.07, 6.45) is 10.1. The number of hydrogen-bond acceptors (Lipinski definition) is 3. The van der Waals surface area contributed by atoms with E-state index in [1.165, 1.54) is 54.7 Å². The summed E-state index contributed by atoms with van der Waals surface area (Å²) in [6, 6.07) is 13.9. The normalized spacial score (nSPS) is 15.7. The number of anilines is 1. The van der Waals surface area contributed by atoms with E-state index in [1.807, 2.05) is 23.1 Å². The first-order valence-electron chi connectivity index (χ1n) is 12.3. The average molecular weight is 449 g/mol. The van der Waals surface area contributed by atoms with Crippen LogP contribution in [0.5, 0.6) is 0 Å². The van der Waals surface area contributed by atoms with Crippen LogP contribution in [0.3, 0.4) is 0 Å². The van der Waals surface area contributed by atoms with E-state index in [4.69, 9.17) is 0 Å². The van der Waals surface area contributed by atoms with Crippen molar-refractivity contribution >= 4 is 23.1 Å². The average Bonchev–Trinajstić information content (AvgIpc) is 3.35. The van der Waals surface area contributed by atoms with Gasteiger partial charge in [-0.25, -0.2) is 4.39 Å². The van der Waals surface area contributed by atoms with Gasteiger partial charge < -0.3 is 4.90 Å². The van der Waals surface area contributed by atoms with Crippen LogP contribution in [0.15, 0.2) is 54.2 Å². The first-order chi connectivity index (χ1) is 16.1. The van der Waals surface area contributed by atoms with Crippen LogP contribution in [0, 0.1) is 5.82 Å². The van der Waals surface area contributed by atoms with Gasteiger partial charge in [-0.3, -0.25) is 14.5 Å². The number of carbonyl (C=O) groups excluding carboxylic acids is 2. The molecule has 2 aliphatic rings. The maximum absolute atomic E-state index is 13.6. The molecular formula is C28H33FN2O2. The molecule has 0 atom stereocenters. The van der Waals surface area contributed by atoms with Crippen LogP contribution in [-0.2, 0) is 16.0 Å². The molecular weight excluding hydrogens is 415 g/mol. The van der Waals surface area contributed by atoms with Gasteiger partial charge in [-0.15, -0.1) is 0 Å². The van der Waals surface area contributed by atoms with Gasteiger partial charge in [0.15, 0.2) is 0 Å². The standard InChI is InChI=1S/C28H33FN2O2/c1-2-3-4-5-6-7-8-11-19-31-27(32)25(22-14-16-23(29)17-15-22)26(28(31)33)30-20-18-21-12-9-10-13-24(21)30/h9-10,12-17H,2-8,11,18-20H2,1H3. The zero-order valence-electron chi connectivity index (χ0n) is 19.5. The van der Waals surface area contributed by atoms with Gasteiger partial charge >= 0.3 is 0 Å². The van der Waals surface area contributed by atoms with Crippen molar-refractivity contribution in [3.05, 3.63) is 71.2 Å². The van der Waals surface area contributed by atoms with Crippen molar-refractivity contribution in [1.29, 1.82) is 0 Å². The first-order valence-corrected chi connectivity index (χ1v) is 12.3. The number of carbonyl (C=O) groups is 2. The van der Waals surface area contributed by atoms with Crippen LogP contribution >= 0.6 is 0 Å². The topological polar surface area (TPSA) is 40.6 Å². The van der Waals surface area contributed by atoms with E-state index in [0.717, 1.165) is 31.4 Å². The Morgan fingerprint density at radius 1 is 0.818 bits per heavy atom. The fraction of sp³-hybridized carbons (Fsp3) is 0.429. The van der Waals surface area contributed by atoms with E-state index < -0.39 is 0 Å². The SMILES string of the molecule is CCCCCCCCCCN1C(=O)C(c2ccc(F)cc2)=C(N2CCc3ccccc32)C1=O. The summed E-state index contributed by atoms with van der Waals surface area (Å²) in [7, 11) is 0. The fourth-order valence-electron chi connectivity index (χ4n) is 4.87. The van der Waals surface area contributed by atoms with Gasteiger partial charge in [0.2, 0.25) is 0 Å². The van der Waals surface area contributed by atoms with Crippen LogP contribution in [0.1, 0.15) is 69.4 Å².